The molecule has 1 heteroatoms. The second-order valence-corrected chi connectivity index (χ2v) is 5.58. The Labute approximate surface area is 102 Å². The molecule has 0 heterocycles. The van der Waals surface area contributed by atoms with Crippen LogP contribution >= 0.6 is 15.9 Å². The molecular formula is C14H21Br. The Morgan fingerprint density at radius 3 is 2.60 bits per heavy atom. The molecule has 84 valence electrons. The van der Waals surface area contributed by atoms with Crippen LogP contribution in [0.15, 0.2) is 33.9 Å². The van der Waals surface area contributed by atoms with Crippen molar-refractivity contribution in [1.82, 2.24) is 0 Å². The van der Waals surface area contributed by atoms with Crippen molar-refractivity contribution >= 4 is 15.9 Å². The van der Waals surface area contributed by atoms with Crippen molar-refractivity contribution in [3.63, 3.8) is 0 Å². The third-order valence-electron chi connectivity index (χ3n) is 3.23. The van der Waals surface area contributed by atoms with Gasteiger partial charge in [-0.25, -0.2) is 0 Å². The molecule has 1 aliphatic carbocycles. The van der Waals surface area contributed by atoms with E-state index in [-0.39, 0.29) is 0 Å². The van der Waals surface area contributed by atoms with Gasteiger partial charge in [0.2, 0.25) is 0 Å². The molecule has 0 atom stereocenters. The SMILES string of the molecule is CC1=C(/C=C/C(C)=C/Br)C(C)(C)CCC1. The molecule has 0 aromatic heterocycles. The highest BCUT2D eigenvalue weighted by Crippen LogP contribution is 2.40. The molecule has 0 spiro atoms. The van der Waals surface area contributed by atoms with Crippen LogP contribution in [0.25, 0.3) is 0 Å². The first-order chi connectivity index (χ1) is 6.97. The summed E-state index contributed by atoms with van der Waals surface area (Å²) in [5.74, 6) is 0. The van der Waals surface area contributed by atoms with Crippen LogP contribution in [-0.2, 0) is 0 Å². The number of hydrogen-bond donors (Lipinski definition) is 0. The summed E-state index contributed by atoms with van der Waals surface area (Å²) in [4.78, 5) is 1.97. The van der Waals surface area contributed by atoms with Gasteiger partial charge in [0.15, 0.2) is 0 Å². The Bertz CT molecular complexity index is 316. The Morgan fingerprint density at radius 2 is 2.07 bits per heavy atom. The fourth-order valence-corrected chi connectivity index (χ4v) is 2.41. The lowest BCUT2D eigenvalue weighted by Gasteiger charge is -2.32. The van der Waals surface area contributed by atoms with E-state index >= 15 is 0 Å². The smallest absolute Gasteiger partial charge is 0.0104 e. The van der Waals surface area contributed by atoms with Crippen LogP contribution in [0.1, 0.15) is 47.0 Å². The van der Waals surface area contributed by atoms with Gasteiger partial charge in [0, 0.05) is 0 Å². The minimum absolute atomic E-state index is 0.353. The molecule has 0 aromatic rings. The lowest BCUT2D eigenvalue weighted by Crippen LogP contribution is -2.19. The van der Waals surface area contributed by atoms with Gasteiger partial charge in [0.05, 0.1) is 0 Å². The van der Waals surface area contributed by atoms with Crippen LogP contribution in [0, 0.1) is 5.41 Å². The maximum absolute atomic E-state index is 3.35. The average molecular weight is 269 g/mol. The third-order valence-corrected chi connectivity index (χ3v) is 3.95. The first kappa shape index (κ1) is 12.8. The van der Waals surface area contributed by atoms with Gasteiger partial charge in [0.1, 0.15) is 0 Å². The summed E-state index contributed by atoms with van der Waals surface area (Å²) in [7, 11) is 0. The number of allylic oxidation sites excluding steroid dienone is 5. The standard InChI is InChI=1S/C14H21Br/c1-11(10-15)7-8-13-12(2)6-5-9-14(13,3)4/h7-8,10H,5-6,9H2,1-4H3/b8-7+,11-10+. The van der Waals surface area contributed by atoms with Crippen LogP contribution in [0.4, 0.5) is 0 Å². The van der Waals surface area contributed by atoms with Crippen molar-refractivity contribution in [2.45, 2.75) is 47.0 Å². The highest BCUT2D eigenvalue weighted by atomic mass is 79.9. The summed E-state index contributed by atoms with van der Waals surface area (Å²) in [6, 6.07) is 0. The summed E-state index contributed by atoms with van der Waals surface area (Å²) < 4.78 is 0. The molecular weight excluding hydrogens is 248 g/mol. The highest BCUT2D eigenvalue weighted by molar-refractivity contribution is 9.11. The lowest BCUT2D eigenvalue weighted by molar-refractivity contribution is 0.377. The van der Waals surface area contributed by atoms with Crippen LogP contribution in [0.5, 0.6) is 0 Å². The van der Waals surface area contributed by atoms with Gasteiger partial charge in [-0.15, -0.1) is 0 Å². The zero-order valence-corrected chi connectivity index (χ0v) is 11.8. The molecule has 0 bridgehead atoms. The van der Waals surface area contributed by atoms with E-state index in [1.54, 1.807) is 5.57 Å². The van der Waals surface area contributed by atoms with Crippen molar-refractivity contribution in [2.24, 2.45) is 5.41 Å². The van der Waals surface area contributed by atoms with Crippen molar-refractivity contribution in [1.29, 1.82) is 0 Å². The van der Waals surface area contributed by atoms with E-state index in [0.717, 1.165) is 0 Å². The van der Waals surface area contributed by atoms with Gasteiger partial charge >= 0.3 is 0 Å². The first-order valence-electron chi connectivity index (χ1n) is 5.62. The van der Waals surface area contributed by atoms with Gasteiger partial charge in [-0.05, 0) is 54.7 Å². The summed E-state index contributed by atoms with van der Waals surface area (Å²) in [6.07, 6.45) is 8.40. The molecule has 1 aliphatic rings. The van der Waals surface area contributed by atoms with Crippen molar-refractivity contribution < 1.29 is 0 Å². The molecule has 0 nitrogen and oxygen atoms in total. The summed E-state index contributed by atoms with van der Waals surface area (Å²) >= 11 is 3.35. The predicted octanol–water partition coefficient (Wildman–Crippen LogP) is 5.37. The van der Waals surface area contributed by atoms with Crippen molar-refractivity contribution in [3.8, 4) is 0 Å². The zero-order chi connectivity index (χ0) is 11.5. The van der Waals surface area contributed by atoms with E-state index in [9.17, 15) is 0 Å². The molecule has 15 heavy (non-hydrogen) atoms. The summed E-state index contributed by atoms with van der Waals surface area (Å²) in [5, 5.41) is 0. The molecule has 0 saturated carbocycles. The Hall–Kier alpha value is -0.300. The second kappa shape index (κ2) is 5.16. The number of rotatable bonds is 2. The minimum atomic E-state index is 0.353. The van der Waals surface area contributed by atoms with E-state index < -0.39 is 0 Å². The molecule has 0 aliphatic heterocycles. The van der Waals surface area contributed by atoms with Crippen LogP contribution in [0.3, 0.4) is 0 Å². The number of halogens is 1. The van der Waals surface area contributed by atoms with Crippen molar-refractivity contribution in [3.05, 3.63) is 33.9 Å². The van der Waals surface area contributed by atoms with E-state index in [1.807, 2.05) is 4.99 Å². The molecule has 0 unspecified atom stereocenters. The third kappa shape index (κ3) is 3.34. The van der Waals surface area contributed by atoms with Gasteiger partial charge < -0.3 is 0 Å². The van der Waals surface area contributed by atoms with Crippen LogP contribution in [-0.4, -0.2) is 0 Å². The fourth-order valence-electron chi connectivity index (χ4n) is 2.26. The molecule has 0 fully saturated rings. The second-order valence-electron chi connectivity index (χ2n) is 5.12. The van der Waals surface area contributed by atoms with Crippen LogP contribution < -0.4 is 0 Å². The molecule has 0 aromatic carbocycles. The van der Waals surface area contributed by atoms with Crippen LogP contribution in [0.2, 0.25) is 0 Å². The van der Waals surface area contributed by atoms with E-state index in [1.165, 1.54) is 30.4 Å². The highest BCUT2D eigenvalue weighted by Gasteiger charge is 2.26. The topological polar surface area (TPSA) is 0 Å². The largest absolute Gasteiger partial charge is 0.0696 e. The summed E-state index contributed by atoms with van der Waals surface area (Å²) in [6.45, 7) is 9.08. The van der Waals surface area contributed by atoms with Gasteiger partial charge in [0.25, 0.3) is 0 Å². The Kier molecular flexibility index (Phi) is 4.39. The average Bonchev–Trinajstić information content (AvgIpc) is 2.15. The van der Waals surface area contributed by atoms with Gasteiger partial charge in [-0.3, -0.25) is 0 Å². The normalized spacial score (nSPS) is 22.6. The minimum Gasteiger partial charge on any atom is -0.0696 e. The lowest BCUT2D eigenvalue weighted by atomic mass is 9.72. The Balaban J connectivity index is 2.95. The van der Waals surface area contributed by atoms with Gasteiger partial charge in [-0.2, -0.15) is 0 Å². The van der Waals surface area contributed by atoms with E-state index in [0.29, 0.717) is 5.41 Å². The molecule has 1 rings (SSSR count). The maximum Gasteiger partial charge on any atom is -0.0104 e. The maximum atomic E-state index is 3.35. The van der Waals surface area contributed by atoms with Crippen molar-refractivity contribution in [2.75, 3.05) is 0 Å². The summed E-state index contributed by atoms with van der Waals surface area (Å²) in [5.41, 5.74) is 4.70. The Morgan fingerprint density at radius 1 is 1.40 bits per heavy atom. The predicted molar refractivity (Wildman–Crippen MR) is 72.2 cm³/mol. The molecule has 0 amide bonds. The van der Waals surface area contributed by atoms with E-state index in [4.69, 9.17) is 0 Å². The molecule has 0 N–H and O–H groups in total. The zero-order valence-electron chi connectivity index (χ0n) is 10.2. The van der Waals surface area contributed by atoms with E-state index in [2.05, 4.69) is 55.8 Å². The number of hydrogen-bond acceptors (Lipinski definition) is 0. The molecule has 0 saturated heterocycles. The quantitative estimate of drug-likeness (QED) is 0.591. The van der Waals surface area contributed by atoms with Gasteiger partial charge in [-0.1, -0.05) is 47.5 Å². The molecule has 0 radical (unpaired) electrons. The fraction of sp³-hybridized carbons (Fsp3) is 0.571. The monoisotopic (exact) mass is 268 g/mol. The first-order valence-corrected chi connectivity index (χ1v) is 6.54.